The molecule has 1 amide bonds. The third-order valence-electron chi connectivity index (χ3n) is 4.33. The maximum Gasteiger partial charge on any atom is 0.243 e. The molecule has 2 aromatic rings. The lowest BCUT2D eigenvalue weighted by molar-refractivity contribution is -0.117. The number of hydrogen-bond donors (Lipinski definition) is 1. The summed E-state index contributed by atoms with van der Waals surface area (Å²) in [6.07, 6.45) is 0. The number of anilines is 1. The van der Waals surface area contributed by atoms with E-state index in [1.54, 1.807) is 12.1 Å². The molecule has 0 aromatic heterocycles. The molecule has 3 rings (SSSR count). The molecule has 0 unspecified atom stereocenters. The lowest BCUT2D eigenvalue weighted by Crippen LogP contribution is -2.50. The summed E-state index contributed by atoms with van der Waals surface area (Å²) >= 11 is 11.7. The number of halogens is 3. The van der Waals surface area contributed by atoms with Gasteiger partial charge in [0.05, 0.1) is 17.1 Å². The second-order valence-electron chi connectivity index (χ2n) is 6.31. The van der Waals surface area contributed by atoms with Crippen molar-refractivity contribution in [1.82, 2.24) is 9.21 Å². The van der Waals surface area contributed by atoms with Crippen LogP contribution in [0.5, 0.6) is 0 Å². The van der Waals surface area contributed by atoms with E-state index in [0.29, 0.717) is 23.1 Å². The van der Waals surface area contributed by atoms with Crippen LogP contribution in [0.2, 0.25) is 10.0 Å². The molecule has 1 fully saturated rings. The fourth-order valence-corrected chi connectivity index (χ4v) is 4.79. The highest BCUT2D eigenvalue weighted by Gasteiger charge is 2.29. The number of amides is 1. The van der Waals surface area contributed by atoms with Gasteiger partial charge < -0.3 is 5.32 Å². The second kappa shape index (κ2) is 8.75. The van der Waals surface area contributed by atoms with Gasteiger partial charge in [0.25, 0.3) is 0 Å². The Kier molecular flexibility index (Phi) is 6.57. The van der Waals surface area contributed by atoms with Crippen molar-refractivity contribution in [2.45, 2.75) is 4.90 Å². The van der Waals surface area contributed by atoms with Crippen molar-refractivity contribution in [3.05, 3.63) is 58.3 Å². The summed E-state index contributed by atoms with van der Waals surface area (Å²) in [6, 6.07) is 10.0. The van der Waals surface area contributed by atoms with E-state index < -0.39 is 21.7 Å². The summed E-state index contributed by atoms with van der Waals surface area (Å²) in [5.74, 6) is -0.970. The van der Waals surface area contributed by atoms with Crippen molar-refractivity contribution in [2.75, 3.05) is 38.0 Å². The molecule has 1 heterocycles. The Morgan fingerprint density at radius 2 is 1.71 bits per heavy atom. The molecule has 1 aliphatic heterocycles. The normalized spacial score (nSPS) is 16.1. The van der Waals surface area contributed by atoms with Gasteiger partial charge in [0.1, 0.15) is 5.82 Å². The molecule has 0 bridgehead atoms. The van der Waals surface area contributed by atoms with Crippen molar-refractivity contribution < 1.29 is 17.6 Å². The Labute approximate surface area is 172 Å². The highest BCUT2D eigenvalue weighted by molar-refractivity contribution is 7.89. The van der Waals surface area contributed by atoms with Crippen LogP contribution in [-0.2, 0) is 14.8 Å². The number of hydrogen-bond acceptors (Lipinski definition) is 4. The highest BCUT2D eigenvalue weighted by atomic mass is 35.5. The first-order valence-electron chi connectivity index (χ1n) is 8.49. The quantitative estimate of drug-likeness (QED) is 0.767. The summed E-state index contributed by atoms with van der Waals surface area (Å²) in [6.45, 7) is 1.27. The van der Waals surface area contributed by atoms with Crippen LogP contribution in [0.25, 0.3) is 0 Å². The Bertz CT molecular complexity index is 980. The molecule has 150 valence electrons. The maximum absolute atomic E-state index is 13.7. The first kappa shape index (κ1) is 21.0. The van der Waals surface area contributed by atoms with E-state index in [-0.39, 0.29) is 30.2 Å². The minimum Gasteiger partial charge on any atom is -0.322 e. The van der Waals surface area contributed by atoms with Gasteiger partial charge in [-0.05, 0) is 36.4 Å². The van der Waals surface area contributed by atoms with E-state index in [2.05, 4.69) is 5.32 Å². The number of carbonyl (C=O) groups excluding carboxylic acids is 1. The third-order valence-corrected chi connectivity index (χ3v) is 6.70. The van der Waals surface area contributed by atoms with Gasteiger partial charge in [-0.1, -0.05) is 29.3 Å². The summed E-state index contributed by atoms with van der Waals surface area (Å²) < 4.78 is 40.5. The van der Waals surface area contributed by atoms with E-state index in [1.165, 1.54) is 34.6 Å². The van der Waals surface area contributed by atoms with E-state index in [0.717, 1.165) is 0 Å². The average molecular weight is 446 g/mol. The van der Waals surface area contributed by atoms with Crippen molar-refractivity contribution in [3.8, 4) is 0 Å². The van der Waals surface area contributed by atoms with E-state index in [1.807, 2.05) is 4.90 Å². The number of nitrogens with zero attached hydrogens (tertiary/aromatic N) is 2. The summed E-state index contributed by atoms with van der Waals surface area (Å²) in [7, 11) is -3.64. The van der Waals surface area contributed by atoms with Gasteiger partial charge in [-0.3, -0.25) is 9.69 Å². The Hall–Kier alpha value is -1.71. The molecule has 10 heteroatoms. The standard InChI is InChI=1S/C18H18Cl2FN3O3S/c19-13-2-1-3-15(10-13)28(26,27)24-8-6-23(7-9-24)12-18(25)22-17-11-14(20)4-5-16(17)21/h1-5,10-11H,6-9,12H2,(H,22,25). The lowest BCUT2D eigenvalue weighted by atomic mass is 10.3. The molecule has 0 spiro atoms. The molecule has 0 saturated carbocycles. The summed E-state index contributed by atoms with van der Waals surface area (Å²) in [4.78, 5) is 14.1. The van der Waals surface area contributed by atoms with Crippen LogP contribution in [0.3, 0.4) is 0 Å². The summed E-state index contributed by atoms with van der Waals surface area (Å²) in [5, 5.41) is 3.15. The summed E-state index contributed by atoms with van der Waals surface area (Å²) in [5.41, 5.74) is 0.0136. The van der Waals surface area contributed by atoms with Crippen LogP contribution in [-0.4, -0.2) is 56.3 Å². The molecule has 6 nitrogen and oxygen atoms in total. The van der Waals surface area contributed by atoms with E-state index >= 15 is 0 Å². The van der Waals surface area contributed by atoms with Crippen LogP contribution < -0.4 is 5.32 Å². The predicted octanol–water partition coefficient (Wildman–Crippen LogP) is 3.08. The Morgan fingerprint density at radius 1 is 1.04 bits per heavy atom. The molecule has 28 heavy (non-hydrogen) atoms. The van der Waals surface area contributed by atoms with Gasteiger partial charge in [0, 0.05) is 36.2 Å². The fourth-order valence-electron chi connectivity index (χ4n) is 2.89. The monoisotopic (exact) mass is 445 g/mol. The van der Waals surface area contributed by atoms with Crippen LogP contribution in [0.1, 0.15) is 0 Å². The smallest absolute Gasteiger partial charge is 0.243 e. The van der Waals surface area contributed by atoms with Gasteiger partial charge in [-0.15, -0.1) is 0 Å². The molecule has 0 aliphatic carbocycles. The van der Waals surface area contributed by atoms with Crippen LogP contribution in [0, 0.1) is 5.82 Å². The molecular formula is C18H18Cl2FN3O3S. The van der Waals surface area contributed by atoms with Crippen molar-refractivity contribution in [1.29, 1.82) is 0 Å². The van der Waals surface area contributed by atoms with Crippen molar-refractivity contribution in [2.24, 2.45) is 0 Å². The van der Waals surface area contributed by atoms with Gasteiger partial charge in [0.2, 0.25) is 15.9 Å². The van der Waals surface area contributed by atoms with Crippen LogP contribution in [0.15, 0.2) is 47.4 Å². The minimum absolute atomic E-state index is 0.0136. The van der Waals surface area contributed by atoms with Gasteiger partial charge in [0.15, 0.2) is 0 Å². The average Bonchev–Trinajstić information content (AvgIpc) is 2.65. The number of carbonyl (C=O) groups is 1. The van der Waals surface area contributed by atoms with Crippen molar-refractivity contribution >= 4 is 44.8 Å². The molecular weight excluding hydrogens is 428 g/mol. The van der Waals surface area contributed by atoms with Crippen LogP contribution in [0.4, 0.5) is 10.1 Å². The zero-order valence-corrected chi connectivity index (χ0v) is 17.1. The van der Waals surface area contributed by atoms with Gasteiger partial charge in [-0.25, -0.2) is 12.8 Å². The molecule has 1 N–H and O–H groups in total. The zero-order chi connectivity index (χ0) is 20.3. The van der Waals surface area contributed by atoms with Gasteiger partial charge in [-0.2, -0.15) is 4.31 Å². The second-order valence-corrected chi connectivity index (χ2v) is 9.12. The van der Waals surface area contributed by atoms with Gasteiger partial charge >= 0.3 is 0 Å². The Morgan fingerprint density at radius 3 is 2.39 bits per heavy atom. The maximum atomic E-state index is 13.7. The van der Waals surface area contributed by atoms with Crippen molar-refractivity contribution in [3.63, 3.8) is 0 Å². The first-order valence-corrected chi connectivity index (χ1v) is 10.7. The zero-order valence-electron chi connectivity index (χ0n) is 14.7. The van der Waals surface area contributed by atoms with E-state index in [9.17, 15) is 17.6 Å². The number of piperazine rings is 1. The topological polar surface area (TPSA) is 69.7 Å². The number of benzene rings is 2. The third kappa shape index (κ3) is 5.01. The number of rotatable bonds is 5. The number of nitrogens with one attached hydrogen (secondary N) is 1. The lowest BCUT2D eigenvalue weighted by Gasteiger charge is -2.33. The molecule has 0 atom stereocenters. The first-order chi connectivity index (χ1) is 13.3. The Balaban J connectivity index is 1.56. The fraction of sp³-hybridized carbons (Fsp3) is 0.278. The van der Waals surface area contributed by atoms with Crippen LogP contribution >= 0.6 is 23.2 Å². The largest absolute Gasteiger partial charge is 0.322 e. The predicted molar refractivity (Wildman–Crippen MR) is 107 cm³/mol. The SMILES string of the molecule is O=C(CN1CCN(S(=O)(=O)c2cccc(Cl)c2)CC1)Nc1cc(Cl)ccc1F. The molecule has 1 saturated heterocycles. The molecule has 0 radical (unpaired) electrons. The number of sulfonamides is 1. The molecule has 2 aromatic carbocycles. The highest BCUT2D eigenvalue weighted by Crippen LogP contribution is 2.22. The molecule has 1 aliphatic rings. The van der Waals surface area contributed by atoms with E-state index in [4.69, 9.17) is 23.2 Å². The minimum atomic E-state index is -3.64.